The zero-order valence-corrected chi connectivity index (χ0v) is 19.3. The summed E-state index contributed by atoms with van der Waals surface area (Å²) >= 11 is 0. The van der Waals surface area contributed by atoms with Crippen LogP contribution < -0.4 is 0 Å². The number of ether oxygens (including phenoxy) is 4. The maximum absolute atomic E-state index is 11.1. The van der Waals surface area contributed by atoms with Crippen LogP contribution in [-0.4, -0.2) is 36.1 Å². The predicted molar refractivity (Wildman–Crippen MR) is 131 cm³/mol. The summed E-state index contributed by atoms with van der Waals surface area (Å²) in [5.74, 6) is 0. The molecule has 34 heavy (non-hydrogen) atoms. The topological polar surface area (TPSA) is 57.2 Å². The van der Waals surface area contributed by atoms with Crippen LogP contribution in [0.2, 0.25) is 0 Å². The van der Waals surface area contributed by atoms with Gasteiger partial charge in [0, 0.05) is 0 Å². The molecular formula is C29H32O5. The highest BCUT2D eigenvalue weighted by atomic mass is 16.6. The number of hydrogen-bond acceptors (Lipinski definition) is 5. The molecule has 2 unspecified atom stereocenters. The van der Waals surface area contributed by atoms with E-state index in [9.17, 15) is 5.11 Å². The summed E-state index contributed by atoms with van der Waals surface area (Å²) in [5, 5.41) is 11.1. The van der Waals surface area contributed by atoms with Crippen LogP contribution in [0.4, 0.5) is 0 Å². The monoisotopic (exact) mass is 460 g/mol. The standard InChI is InChI=1S/C29H32O5/c1-2-27(32-17-22-11-5-3-6-12-22)29-28(33-18-23-13-7-4-8-14-23)26(30)21-31-19-24-15-9-10-16-25(24)20-34-29/h2-16,26-30H,1,17-21H2/t26?,27?,28-,29-/m0/s1. The third-order valence-corrected chi connectivity index (χ3v) is 5.93. The Bertz CT molecular complexity index is 1010. The maximum Gasteiger partial charge on any atom is 0.116 e. The third kappa shape index (κ3) is 6.63. The lowest BCUT2D eigenvalue weighted by molar-refractivity contribution is -0.180. The summed E-state index contributed by atoms with van der Waals surface area (Å²) in [6, 6.07) is 27.8. The summed E-state index contributed by atoms with van der Waals surface area (Å²) in [6.07, 6.45) is -0.944. The van der Waals surface area contributed by atoms with E-state index in [1.807, 2.05) is 84.9 Å². The number of rotatable bonds is 8. The minimum Gasteiger partial charge on any atom is -0.388 e. The molecule has 4 rings (SSSR count). The zero-order chi connectivity index (χ0) is 23.6. The van der Waals surface area contributed by atoms with E-state index in [4.69, 9.17) is 18.9 Å². The van der Waals surface area contributed by atoms with Gasteiger partial charge in [-0.2, -0.15) is 0 Å². The minimum absolute atomic E-state index is 0.121. The Morgan fingerprint density at radius 2 is 1.44 bits per heavy atom. The van der Waals surface area contributed by atoms with Gasteiger partial charge in [-0.25, -0.2) is 0 Å². The molecule has 1 aliphatic heterocycles. The SMILES string of the molecule is C=CC(OCc1ccccc1)[C@@H]1OCc2ccccc2COCC(O)[C@@H]1OCc1ccccc1. The van der Waals surface area contributed by atoms with Crippen LogP contribution in [-0.2, 0) is 45.4 Å². The van der Waals surface area contributed by atoms with Crippen molar-refractivity contribution in [1.29, 1.82) is 0 Å². The number of benzene rings is 3. The van der Waals surface area contributed by atoms with E-state index < -0.39 is 24.4 Å². The minimum atomic E-state index is -0.901. The summed E-state index contributed by atoms with van der Waals surface area (Å²) in [4.78, 5) is 0. The first-order valence-corrected chi connectivity index (χ1v) is 11.6. The van der Waals surface area contributed by atoms with Crippen molar-refractivity contribution in [2.75, 3.05) is 6.61 Å². The number of fused-ring (bicyclic) bond motifs is 1. The van der Waals surface area contributed by atoms with E-state index in [0.717, 1.165) is 22.3 Å². The van der Waals surface area contributed by atoms with Crippen molar-refractivity contribution in [1.82, 2.24) is 0 Å². The fourth-order valence-electron chi connectivity index (χ4n) is 4.04. The third-order valence-electron chi connectivity index (χ3n) is 5.93. The molecule has 0 saturated heterocycles. The highest BCUT2D eigenvalue weighted by molar-refractivity contribution is 5.26. The van der Waals surface area contributed by atoms with Gasteiger partial charge in [0.15, 0.2) is 0 Å². The lowest BCUT2D eigenvalue weighted by atomic mass is 10.0. The van der Waals surface area contributed by atoms with Crippen molar-refractivity contribution in [3.8, 4) is 0 Å². The Labute approximate surface area is 201 Å². The summed E-state index contributed by atoms with van der Waals surface area (Å²) in [6.45, 7) is 5.60. The van der Waals surface area contributed by atoms with Crippen molar-refractivity contribution < 1.29 is 24.1 Å². The van der Waals surface area contributed by atoms with Crippen molar-refractivity contribution in [2.24, 2.45) is 0 Å². The van der Waals surface area contributed by atoms with Gasteiger partial charge in [0.25, 0.3) is 0 Å². The van der Waals surface area contributed by atoms with E-state index in [0.29, 0.717) is 26.4 Å². The number of aliphatic hydroxyl groups is 1. The molecule has 0 radical (unpaired) electrons. The number of hydrogen-bond donors (Lipinski definition) is 1. The smallest absolute Gasteiger partial charge is 0.116 e. The van der Waals surface area contributed by atoms with Gasteiger partial charge in [0.2, 0.25) is 0 Å². The fraction of sp³-hybridized carbons (Fsp3) is 0.310. The van der Waals surface area contributed by atoms with Crippen LogP contribution in [0.15, 0.2) is 97.6 Å². The van der Waals surface area contributed by atoms with Gasteiger partial charge in [-0.15, -0.1) is 6.58 Å². The second-order valence-electron chi connectivity index (χ2n) is 8.38. The van der Waals surface area contributed by atoms with Crippen LogP contribution in [0.5, 0.6) is 0 Å². The second kappa shape index (κ2) is 12.6. The summed E-state index contributed by atoms with van der Waals surface area (Å²) in [7, 11) is 0. The van der Waals surface area contributed by atoms with Gasteiger partial charge in [0.05, 0.1) is 33.0 Å². The Balaban J connectivity index is 1.57. The van der Waals surface area contributed by atoms with E-state index in [2.05, 4.69) is 6.58 Å². The van der Waals surface area contributed by atoms with Crippen LogP contribution in [0, 0.1) is 0 Å². The molecule has 1 heterocycles. The van der Waals surface area contributed by atoms with Crippen LogP contribution >= 0.6 is 0 Å². The second-order valence-corrected chi connectivity index (χ2v) is 8.38. The quantitative estimate of drug-likeness (QED) is 0.489. The molecule has 0 amide bonds. The van der Waals surface area contributed by atoms with Gasteiger partial charge in [0.1, 0.15) is 24.4 Å². The Morgan fingerprint density at radius 3 is 2.09 bits per heavy atom. The lowest BCUT2D eigenvalue weighted by Crippen LogP contribution is -2.49. The molecule has 0 aliphatic carbocycles. The molecule has 4 atom stereocenters. The highest BCUT2D eigenvalue weighted by Gasteiger charge is 2.36. The van der Waals surface area contributed by atoms with Crippen LogP contribution in [0.3, 0.4) is 0 Å². The zero-order valence-electron chi connectivity index (χ0n) is 19.3. The van der Waals surface area contributed by atoms with E-state index in [1.165, 1.54) is 0 Å². The van der Waals surface area contributed by atoms with Crippen molar-refractivity contribution >= 4 is 0 Å². The van der Waals surface area contributed by atoms with Gasteiger partial charge in [-0.05, 0) is 22.3 Å². The highest BCUT2D eigenvalue weighted by Crippen LogP contribution is 2.24. The number of aliphatic hydroxyl groups excluding tert-OH is 1. The summed E-state index contributed by atoms with van der Waals surface area (Å²) < 4.78 is 24.8. The van der Waals surface area contributed by atoms with E-state index >= 15 is 0 Å². The van der Waals surface area contributed by atoms with Gasteiger partial charge in [-0.1, -0.05) is 91.0 Å². The van der Waals surface area contributed by atoms with E-state index in [1.54, 1.807) is 6.08 Å². The van der Waals surface area contributed by atoms with Gasteiger partial charge < -0.3 is 24.1 Å². The Kier molecular flexibility index (Phi) is 9.02. The molecule has 0 saturated carbocycles. The lowest BCUT2D eigenvalue weighted by Gasteiger charge is -2.35. The predicted octanol–water partition coefficient (Wildman–Crippen LogP) is 4.82. The Morgan fingerprint density at radius 1 is 0.853 bits per heavy atom. The van der Waals surface area contributed by atoms with Gasteiger partial charge in [-0.3, -0.25) is 0 Å². The molecule has 0 aromatic heterocycles. The molecule has 0 spiro atoms. The van der Waals surface area contributed by atoms with Crippen LogP contribution in [0.25, 0.3) is 0 Å². The molecule has 178 valence electrons. The molecule has 5 heteroatoms. The fourth-order valence-corrected chi connectivity index (χ4v) is 4.04. The average molecular weight is 461 g/mol. The first-order chi connectivity index (χ1) is 16.7. The molecule has 1 aliphatic rings. The molecular weight excluding hydrogens is 428 g/mol. The van der Waals surface area contributed by atoms with Gasteiger partial charge >= 0.3 is 0 Å². The van der Waals surface area contributed by atoms with Crippen molar-refractivity contribution in [3.05, 3.63) is 120 Å². The molecule has 3 aromatic rings. The van der Waals surface area contributed by atoms with Crippen LogP contribution in [0.1, 0.15) is 22.3 Å². The molecule has 0 fully saturated rings. The molecule has 1 N–H and O–H groups in total. The van der Waals surface area contributed by atoms with Crippen molar-refractivity contribution in [3.63, 3.8) is 0 Å². The molecule has 0 bridgehead atoms. The first-order valence-electron chi connectivity index (χ1n) is 11.6. The first kappa shape index (κ1) is 24.3. The largest absolute Gasteiger partial charge is 0.388 e. The van der Waals surface area contributed by atoms with E-state index in [-0.39, 0.29) is 6.61 Å². The Hall–Kier alpha value is -2.80. The average Bonchev–Trinajstić information content (AvgIpc) is 2.88. The van der Waals surface area contributed by atoms with Crippen molar-refractivity contribution in [2.45, 2.75) is 50.8 Å². The normalized spacial score (nSPS) is 21.9. The maximum atomic E-state index is 11.1. The summed E-state index contributed by atoms with van der Waals surface area (Å²) in [5.41, 5.74) is 4.14. The molecule has 5 nitrogen and oxygen atoms in total. The molecule has 3 aromatic carbocycles.